The number of nitrogens with one attached hydrogen (secondary N) is 2. The molecule has 15 heteroatoms. The molecule has 1 aliphatic heterocycles. The van der Waals surface area contributed by atoms with Gasteiger partial charge in [-0.25, -0.2) is 14.2 Å². The van der Waals surface area contributed by atoms with Crippen LogP contribution in [0.4, 0.5) is 4.79 Å². The number of nitrogens with zero attached hydrogens (tertiary/aromatic N) is 2. The molecule has 0 radical (unpaired) electrons. The van der Waals surface area contributed by atoms with Gasteiger partial charge in [-0.05, 0) is 69.5 Å². The third kappa shape index (κ3) is 11.0. The van der Waals surface area contributed by atoms with E-state index in [1.54, 1.807) is 20.8 Å². The van der Waals surface area contributed by atoms with Crippen molar-refractivity contribution in [2.75, 3.05) is 0 Å². The normalized spacial score (nSPS) is 20.0. The minimum Gasteiger partial charge on any atom is -0.467 e. The minimum absolute atomic E-state index is 0.203. The Labute approximate surface area is 310 Å². The molecule has 0 unspecified atom stereocenters. The van der Waals surface area contributed by atoms with Gasteiger partial charge in [-0.1, -0.05) is 71.9 Å². The number of aromatic nitrogens is 2. The van der Waals surface area contributed by atoms with E-state index in [-0.39, 0.29) is 29.2 Å². The highest BCUT2D eigenvalue weighted by Gasteiger charge is 2.53. The van der Waals surface area contributed by atoms with Gasteiger partial charge in [0.2, 0.25) is 12.1 Å². The fourth-order valence-corrected chi connectivity index (χ4v) is 7.18. The molecule has 2 N–H and O–H groups in total. The Morgan fingerprint density at radius 1 is 0.904 bits per heavy atom. The first-order valence-electron chi connectivity index (χ1n) is 17.7. The van der Waals surface area contributed by atoms with Gasteiger partial charge in [0.25, 0.3) is 5.56 Å². The Bertz CT molecular complexity index is 1700. The third-order valence-corrected chi connectivity index (χ3v) is 18.7. The van der Waals surface area contributed by atoms with E-state index in [4.69, 9.17) is 23.1 Å². The van der Waals surface area contributed by atoms with E-state index in [1.165, 1.54) is 30.0 Å². The SMILES string of the molecule is C[C@H](NC(=O)OC(C)(C)C)C(=O)N/C=C1\O[C@@H](n2ccc(=O)n(COCc3ccccc3)c2=O)[C@H](O[Si](C)(C)C(C)(C)C)[C@@H]1O[Si](C)(C)C(C)(C)C. The Balaban J connectivity index is 2.09. The highest BCUT2D eigenvalue weighted by atomic mass is 28.4. The molecule has 1 aromatic heterocycles. The van der Waals surface area contributed by atoms with E-state index in [1.807, 2.05) is 30.3 Å². The van der Waals surface area contributed by atoms with Crippen LogP contribution in [0.5, 0.6) is 0 Å². The van der Waals surface area contributed by atoms with Crippen molar-refractivity contribution in [2.24, 2.45) is 0 Å². The molecule has 13 nitrogen and oxygen atoms in total. The van der Waals surface area contributed by atoms with Gasteiger partial charge in [-0.15, -0.1) is 0 Å². The van der Waals surface area contributed by atoms with Crippen LogP contribution in [0.3, 0.4) is 0 Å². The lowest BCUT2D eigenvalue weighted by atomic mass is 10.2. The van der Waals surface area contributed by atoms with E-state index in [0.29, 0.717) is 0 Å². The number of amides is 2. The average Bonchev–Trinajstić information content (AvgIpc) is 3.30. The number of hydrogen-bond donors (Lipinski definition) is 2. The Morgan fingerprint density at radius 2 is 1.48 bits per heavy atom. The zero-order valence-electron chi connectivity index (χ0n) is 33.4. The van der Waals surface area contributed by atoms with Gasteiger partial charge in [0.05, 0.1) is 6.61 Å². The fraction of sp³-hybridized carbons (Fsp3) is 0.622. The Hall–Kier alpha value is -3.51. The van der Waals surface area contributed by atoms with E-state index < -0.39 is 70.0 Å². The lowest BCUT2D eigenvalue weighted by Gasteiger charge is -2.43. The van der Waals surface area contributed by atoms with E-state index in [2.05, 4.69) is 78.4 Å². The van der Waals surface area contributed by atoms with Crippen molar-refractivity contribution >= 4 is 28.6 Å². The summed E-state index contributed by atoms with van der Waals surface area (Å²) < 4.78 is 34.0. The third-order valence-electron chi connectivity index (χ3n) is 9.77. The first-order chi connectivity index (χ1) is 23.7. The second-order valence-corrected chi connectivity index (χ2v) is 26.8. The van der Waals surface area contributed by atoms with E-state index >= 15 is 0 Å². The zero-order chi connectivity index (χ0) is 39.4. The zero-order valence-corrected chi connectivity index (χ0v) is 35.4. The summed E-state index contributed by atoms with van der Waals surface area (Å²) in [6, 6.07) is 9.78. The van der Waals surface area contributed by atoms with Gasteiger partial charge in [0.1, 0.15) is 36.3 Å². The number of ether oxygens (including phenoxy) is 3. The number of hydrogen-bond acceptors (Lipinski definition) is 9. The molecule has 2 heterocycles. The van der Waals surface area contributed by atoms with Crippen LogP contribution < -0.4 is 21.9 Å². The Kier molecular flexibility index (Phi) is 13.4. The topological polar surface area (TPSA) is 148 Å². The smallest absolute Gasteiger partial charge is 0.408 e. The number of rotatable bonds is 12. The predicted molar refractivity (Wildman–Crippen MR) is 206 cm³/mol. The van der Waals surface area contributed by atoms with Gasteiger partial charge in [0, 0.05) is 18.5 Å². The molecule has 3 rings (SSSR count). The highest BCUT2D eigenvalue weighted by Crippen LogP contribution is 2.46. The van der Waals surface area contributed by atoms with Crippen molar-refractivity contribution in [2.45, 2.75) is 149 Å². The fourth-order valence-electron chi connectivity index (χ4n) is 4.66. The lowest BCUT2D eigenvalue weighted by Crippen LogP contribution is -2.53. The molecule has 1 saturated heterocycles. The quantitative estimate of drug-likeness (QED) is 0.236. The van der Waals surface area contributed by atoms with Crippen LogP contribution in [0.15, 0.2) is 64.1 Å². The van der Waals surface area contributed by atoms with Gasteiger partial charge < -0.3 is 33.7 Å². The monoisotopic (exact) mass is 760 g/mol. The van der Waals surface area contributed by atoms with Crippen LogP contribution in [0.25, 0.3) is 0 Å². The molecule has 1 fully saturated rings. The maximum atomic E-state index is 14.1. The van der Waals surface area contributed by atoms with Crippen molar-refractivity contribution in [1.29, 1.82) is 0 Å². The molecule has 4 atom stereocenters. The van der Waals surface area contributed by atoms with Crippen LogP contribution >= 0.6 is 0 Å². The van der Waals surface area contributed by atoms with Crippen LogP contribution in [0.2, 0.25) is 36.3 Å². The van der Waals surface area contributed by atoms with Crippen molar-refractivity contribution in [1.82, 2.24) is 19.8 Å². The molecule has 52 heavy (non-hydrogen) atoms. The first-order valence-corrected chi connectivity index (χ1v) is 23.5. The van der Waals surface area contributed by atoms with Gasteiger partial charge >= 0.3 is 11.8 Å². The lowest BCUT2D eigenvalue weighted by molar-refractivity contribution is -0.121. The van der Waals surface area contributed by atoms with Crippen LogP contribution in [0.1, 0.15) is 81.0 Å². The molecular weight excluding hydrogens is 701 g/mol. The summed E-state index contributed by atoms with van der Waals surface area (Å²) in [5.41, 5.74) is -1.03. The van der Waals surface area contributed by atoms with Gasteiger partial charge in [0.15, 0.2) is 16.6 Å². The maximum absolute atomic E-state index is 14.1. The summed E-state index contributed by atoms with van der Waals surface area (Å²) in [4.78, 5) is 52.7. The molecule has 290 valence electrons. The number of benzene rings is 1. The largest absolute Gasteiger partial charge is 0.467 e. The first kappa shape index (κ1) is 42.9. The molecule has 2 aromatic rings. The summed E-state index contributed by atoms with van der Waals surface area (Å²) in [5, 5.41) is 4.85. The summed E-state index contributed by atoms with van der Waals surface area (Å²) in [5.74, 6) is -0.291. The van der Waals surface area contributed by atoms with Crippen LogP contribution in [-0.2, 0) is 41.2 Å². The van der Waals surface area contributed by atoms with Crippen molar-refractivity contribution in [3.63, 3.8) is 0 Å². The second kappa shape index (κ2) is 16.2. The molecule has 0 aliphatic carbocycles. The van der Waals surface area contributed by atoms with Gasteiger partial charge in [-0.2, -0.15) is 0 Å². The summed E-state index contributed by atoms with van der Waals surface area (Å²) in [6.07, 6.45) is -0.690. The number of carbonyl (C=O) groups excluding carboxylic acids is 2. The van der Waals surface area contributed by atoms with Crippen molar-refractivity contribution < 1.29 is 32.7 Å². The molecule has 1 aliphatic rings. The van der Waals surface area contributed by atoms with Crippen molar-refractivity contribution in [3.05, 3.63) is 81.0 Å². The number of carbonyl (C=O) groups is 2. The molecule has 0 saturated carbocycles. The standard InChI is InChI=1S/C37H60N4O9Si2/c1-25(39-33(44)48-35(2,3)4)31(43)38-22-27-29(49-51(11,12)36(5,6)7)30(50-52(13,14)37(8,9)10)32(47-27)40-21-20-28(42)41(34(40)45)24-46-23-26-18-16-15-17-19-26/h15-22,25,29-30,32H,23-24H2,1-14H3,(H,38,43)(H,39,44)/b27-22-/t25-,29+,30+,32+/m0/s1. The summed E-state index contributed by atoms with van der Waals surface area (Å²) in [6.45, 7) is 27.7. The summed E-state index contributed by atoms with van der Waals surface area (Å²) >= 11 is 0. The maximum Gasteiger partial charge on any atom is 0.408 e. The number of alkyl carbamates (subject to hydrolysis) is 1. The second-order valence-electron chi connectivity index (χ2n) is 17.3. The van der Waals surface area contributed by atoms with Gasteiger partial charge in [-0.3, -0.25) is 14.2 Å². The average molecular weight is 761 g/mol. The molecule has 0 spiro atoms. The van der Waals surface area contributed by atoms with Crippen molar-refractivity contribution in [3.8, 4) is 0 Å². The molecule has 0 bridgehead atoms. The molecule has 1 aromatic carbocycles. The van der Waals surface area contributed by atoms with E-state index in [9.17, 15) is 19.2 Å². The van der Waals surface area contributed by atoms with Crippen LogP contribution in [-0.4, -0.2) is 61.6 Å². The predicted octanol–water partition coefficient (Wildman–Crippen LogP) is 6.36. The van der Waals surface area contributed by atoms with Crippen LogP contribution in [0, 0.1) is 0 Å². The molecule has 2 amide bonds. The molecular formula is C37H60N4O9Si2. The summed E-state index contributed by atoms with van der Waals surface area (Å²) in [7, 11) is -5.11. The van der Waals surface area contributed by atoms with E-state index in [0.717, 1.165) is 10.1 Å². The highest BCUT2D eigenvalue weighted by molar-refractivity contribution is 6.74. The Morgan fingerprint density at radius 3 is 2.04 bits per heavy atom. The minimum atomic E-state index is -2.57.